The predicted octanol–water partition coefficient (Wildman–Crippen LogP) is 2.64. The van der Waals surface area contributed by atoms with Crippen LogP contribution < -0.4 is 5.46 Å². The molecule has 1 fully saturated rings. The van der Waals surface area contributed by atoms with Crippen molar-refractivity contribution in [2.75, 3.05) is 0 Å². The molecule has 0 spiro atoms. The second kappa shape index (κ2) is 5.72. The Kier molecular flexibility index (Phi) is 4.17. The lowest BCUT2D eigenvalue weighted by Gasteiger charge is -2.32. The van der Waals surface area contributed by atoms with Crippen molar-refractivity contribution < 1.29 is 17.7 Å². The van der Waals surface area contributed by atoms with Crippen LogP contribution in [0.25, 0.3) is 0 Å². The van der Waals surface area contributed by atoms with Gasteiger partial charge >= 0.3 is 7.12 Å². The third kappa shape index (κ3) is 3.05. The molecule has 0 atom stereocenters. The van der Waals surface area contributed by atoms with Gasteiger partial charge in [0.2, 0.25) is 0 Å². The standard InChI is InChI=1S/C18H24BNO4S/c1-13-7-8-16(14(2)11-13)25(21,22)20-10-9-15(12-20)19-23-17(3,4)18(5,6)24-19/h7-12H,1-6H3. The summed E-state index contributed by atoms with van der Waals surface area (Å²) in [5.41, 5.74) is 1.51. The molecule has 0 saturated carbocycles. The molecule has 2 aromatic rings. The molecule has 0 bridgehead atoms. The summed E-state index contributed by atoms with van der Waals surface area (Å²) in [6, 6.07) is 7.04. The molecule has 0 aliphatic carbocycles. The van der Waals surface area contributed by atoms with Crippen molar-refractivity contribution in [2.24, 2.45) is 0 Å². The van der Waals surface area contributed by atoms with Crippen molar-refractivity contribution in [2.45, 2.75) is 57.6 Å². The molecule has 1 aliphatic heterocycles. The Morgan fingerprint density at radius 1 is 1.00 bits per heavy atom. The van der Waals surface area contributed by atoms with E-state index in [9.17, 15) is 8.42 Å². The Labute approximate surface area is 150 Å². The Balaban J connectivity index is 1.94. The van der Waals surface area contributed by atoms with Crippen molar-refractivity contribution in [3.8, 4) is 0 Å². The summed E-state index contributed by atoms with van der Waals surface area (Å²) in [5, 5.41) is 0. The second-order valence-electron chi connectivity index (χ2n) is 7.64. The number of hydrogen-bond donors (Lipinski definition) is 0. The molecule has 0 unspecified atom stereocenters. The minimum atomic E-state index is -3.65. The van der Waals surface area contributed by atoms with Crippen molar-refractivity contribution in [1.82, 2.24) is 3.97 Å². The SMILES string of the molecule is Cc1ccc(S(=O)(=O)n2ccc(B3OC(C)(C)C(C)(C)O3)c2)c(C)c1. The largest absolute Gasteiger partial charge is 0.496 e. The number of aromatic nitrogens is 1. The Bertz CT molecular complexity index is 899. The predicted molar refractivity (Wildman–Crippen MR) is 98.6 cm³/mol. The van der Waals surface area contributed by atoms with E-state index in [-0.39, 0.29) is 0 Å². The van der Waals surface area contributed by atoms with Gasteiger partial charge in [0.25, 0.3) is 10.0 Å². The van der Waals surface area contributed by atoms with E-state index in [4.69, 9.17) is 9.31 Å². The number of hydrogen-bond acceptors (Lipinski definition) is 4. The molecule has 134 valence electrons. The zero-order valence-corrected chi connectivity index (χ0v) is 16.3. The first-order valence-electron chi connectivity index (χ1n) is 8.30. The first-order valence-corrected chi connectivity index (χ1v) is 9.74. The Morgan fingerprint density at radius 3 is 2.16 bits per heavy atom. The maximum absolute atomic E-state index is 12.9. The van der Waals surface area contributed by atoms with Gasteiger partial charge in [0.1, 0.15) is 0 Å². The van der Waals surface area contributed by atoms with E-state index in [0.717, 1.165) is 11.1 Å². The van der Waals surface area contributed by atoms with Gasteiger partial charge in [-0.2, -0.15) is 0 Å². The summed E-state index contributed by atoms with van der Waals surface area (Å²) in [6.07, 6.45) is 3.10. The zero-order chi connectivity index (χ0) is 18.6. The molecule has 5 nitrogen and oxygen atoms in total. The molecule has 25 heavy (non-hydrogen) atoms. The molecule has 3 rings (SSSR count). The molecular formula is C18H24BNO4S. The normalized spacial score (nSPS) is 19.4. The fraction of sp³-hybridized carbons (Fsp3) is 0.444. The summed E-state index contributed by atoms with van der Waals surface area (Å²) < 4.78 is 39.1. The first kappa shape index (κ1) is 18.2. The van der Waals surface area contributed by atoms with E-state index in [1.807, 2.05) is 40.7 Å². The number of aryl methyl sites for hydroxylation is 2. The second-order valence-corrected chi connectivity index (χ2v) is 9.45. The van der Waals surface area contributed by atoms with Crippen molar-refractivity contribution in [3.05, 3.63) is 47.8 Å². The highest BCUT2D eigenvalue weighted by atomic mass is 32.2. The van der Waals surface area contributed by atoms with Gasteiger partial charge in [0.15, 0.2) is 0 Å². The maximum atomic E-state index is 12.9. The van der Waals surface area contributed by atoms with E-state index in [1.54, 1.807) is 31.3 Å². The highest BCUT2D eigenvalue weighted by Crippen LogP contribution is 2.36. The van der Waals surface area contributed by atoms with Gasteiger partial charge in [0, 0.05) is 17.9 Å². The van der Waals surface area contributed by atoms with Gasteiger partial charge in [-0.15, -0.1) is 0 Å². The minimum Gasteiger partial charge on any atom is -0.399 e. The quantitative estimate of drug-likeness (QED) is 0.789. The third-order valence-electron chi connectivity index (χ3n) is 5.10. The van der Waals surface area contributed by atoms with Crippen LogP contribution in [0.15, 0.2) is 41.6 Å². The molecule has 1 aliphatic rings. The van der Waals surface area contributed by atoms with Gasteiger partial charge in [-0.25, -0.2) is 12.4 Å². The van der Waals surface area contributed by atoms with Crippen LogP contribution in [0.4, 0.5) is 0 Å². The monoisotopic (exact) mass is 361 g/mol. The van der Waals surface area contributed by atoms with Crippen LogP contribution in [0.1, 0.15) is 38.8 Å². The van der Waals surface area contributed by atoms with E-state index >= 15 is 0 Å². The topological polar surface area (TPSA) is 57.5 Å². The molecule has 7 heteroatoms. The Morgan fingerprint density at radius 2 is 1.60 bits per heavy atom. The van der Waals surface area contributed by atoms with Crippen LogP contribution in [0.3, 0.4) is 0 Å². The molecule has 0 radical (unpaired) electrons. The molecule has 1 aromatic carbocycles. The minimum absolute atomic E-state index is 0.300. The van der Waals surface area contributed by atoms with Crippen molar-refractivity contribution in [1.29, 1.82) is 0 Å². The van der Waals surface area contributed by atoms with Crippen LogP contribution in [-0.4, -0.2) is 30.7 Å². The highest BCUT2D eigenvalue weighted by molar-refractivity contribution is 7.90. The molecule has 2 heterocycles. The summed E-state index contributed by atoms with van der Waals surface area (Å²) in [7, 11) is -4.23. The van der Waals surface area contributed by atoms with E-state index in [1.165, 1.54) is 10.2 Å². The lowest BCUT2D eigenvalue weighted by Crippen LogP contribution is -2.41. The van der Waals surface area contributed by atoms with E-state index in [0.29, 0.717) is 10.4 Å². The summed E-state index contributed by atoms with van der Waals surface area (Å²) >= 11 is 0. The molecule has 1 aromatic heterocycles. The van der Waals surface area contributed by atoms with Crippen LogP contribution in [0.5, 0.6) is 0 Å². The summed E-state index contributed by atoms with van der Waals surface area (Å²) in [5.74, 6) is 0. The van der Waals surface area contributed by atoms with Crippen LogP contribution in [-0.2, 0) is 19.3 Å². The molecule has 0 N–H and O–H groups in total. The van der Waals surface area contributed by atoms with Gasteiger partial charge in [-0.1, -0.05) is 17.7 Å². The number of rotatable bonds is 3. The Hall–Kier alpha value is -1.57. The van der Waals surface area contributed by atoms with E-state index < -0.39 is 28.3 Å². The number of nitrogens with zero attached hydrogens (tertiary/aromatic N) is 1. The molecule has 0 amide bonds. The van der Waals surface area contributed by atoms with Crippen LogP contribution in [0.2, 0.25) is 0 Å². The lowest BCUT2D eigenvalue weighted by molar-refractivity contribution is 0.00578. The smallest absolute Gasteiger partial charge is 0.399 e. The van der Waals surface area contributed by atoms with Crippen molar-refractivity contribution in [3.63, 3.8) is 0 Å². The van der Waals surface area contributed by atoms with Crippen molar-refractivity contribution >= 4 is 22.6 Å². The number of benzene rings is 1. The zero-order valence-electron chi connectivity index (χ0n) is 15.5. The fourth-order valence-corrected chi connectivity index (χ4v) is 4.28. The lowest BCUT2D eigenvalue weighted by atomic mass is 9.81. The molecular weight excluding hydrogens is 337 g/mol. The van der Waals surface area contributed by atoms with Gasteiger partial charge in [-0.3, -0.25) is 0 Å². The van der Waals surface area contributed by atoms with E-state index in [2.05, 4.69) is 0 Å². The first-order chi connectivity index (χ1) is 11.4. The summed E-state index contributed by atoms with van der Waals surface area (Å²) in [4.78, 5) is 0.300. The molecule has 1 saturated heterocycles. The highest BCUT2D eigenvalue weighted by Gasteiger charge is 2.52. The fourth-order valence-electron chi connectivity index (χ4n) is 2.86. The van der Waals surface area contributed by atoms with Gasteiger partial charge in [0.05, 0.1) is 16.1 Å². The average molecular weight is 361 g/mol. The van der Waals surface area contributed by atoms with Crippen LogP contribution >= 0.6 is 0 Å². The van der Waals surface area contributed by atoms with Gasteiger partial charge < -0.3 is 9.31 Å². The third-order valence-corrected chi connectivity index (χ3v) is 6.90. The van der Waals surface area contributed by atoms with Gasteiger partial charge in [-0.05, 0) is 59.2 Å². The van der Waals surface area contributed by atoms with Crippen LogP contribution in [0, 0.1) is 13.8 Å². The average Bonchev–Trinajstić information content (AvgIpc) is 3.02. The maximum Gasteiger partial charge on any atom is 0.496 e. The summed E-state index contributed by atoms with van der Waals surface area (Å²) in [6.45, 7) is 11.6.